The molecule has 98 valence electrons. The van der Waals surface area contributed by atoms with Crippen LogP contribution in [-0.2, 0) is 6.54 Å². The van der Waals surface area contributed by atoms with E-state index in [0.717, 1.165) is 5.56 Å². The molecular formula is C14H10Cl2NO2-. The van der Waals surface area contributed by atoms with Gasteiger partial charge in [0.05, 0.1) is 5.97 Å². The van der Waals surface area contributed by atoms with Gasteiger partial charge in [0.2, 0.25) is 0 Å². The summed E-state index contributed by atoms with van der Waals surface area (Å²) in [6.45, 7) is 0.479. The molecule has 0 atom stereocenters. The van der Waals surface area contributed by atoms with Gasteiger partial charge in [0.15, 0.2) is 0 Å². The van der Waals surface area contributed by atoms with E-state index in [1.165, 1.54) is 12.1 Å². The predicted octanol–water partition coefficient (Wildman–Crippen LogP) is 2.97. The minimum absolute atomic E-state index is 0.132. The number of benzene rings is 2. The number of hydrogen-bond acceptors (Lipinski definition) is 3. The Balaban J connectivity index is 2.10. The van der Waals surface area contributed by atoms with Gasteiger partial charge in [-0.1, -0.05) is 41.4 Å². The minimum atomic E-state index is -1.20. The second-order valence-corrected chi connectivity index (χ2v) is 4.80. The van der Waals surface area contributed by atoms with Crippen LogP contribution in [0.5, 0.6) is 0 Å². The summed E-state index contributed by atoms with van der Waals surface area (Å²) in [4.78, 5) is 10.7. The maximum atomic E-state index is 10.7. The fraction of sp³-hybridized carbons (Fsp3) is 0.0714. The molecule has 0 saturated heterocycles. The third kappa shape index (κ3) is 3.63. The molecule has 0 aliphatic heterocycles. The number of rotatable bonds is 4. The van der Waals surface area contributed by atoms with Crippen LogP contribution in [0, 0.1) is 0 Å². The minimum Gasteiger partial charge on any atom is -0.545 e. The van der Waals surface area contributed by atoms with Gasteiger partial charge in [-0.2, -0.15) is 0 Å². The summed E-state index contributed by atoms with van der Waals surface area (Å²) >= 11 is 11.9. The Kier molecular flexibility index (Phi) is 4.30. The number of anilines is 1. The lowest BCUT2D eigenvalue weighted by atomic mass is 10.2. The molecule has 0 aliphatic rings. The van der Waals surface area contributed by atoms with Gasteiger partial charge in [-0.25, -0.2) is 0 Å². The van der Waals surface area contributed by atoms with Crippen LogP contribution in [0.1, 0.15) is 15.9 Å². The van der Waals surface area contributed by atoms with Crippen molar-refractivity contribution in [3.05, 3.63) is 63.6 Å². The highest BCUT2D eigenvalue weighted by molar-refractivity contribution is 6.35. The maximum Gasteiger partial charge on any atom is 0.0716 e. The average molecular weight is 295 g/mol. The van der Waals surface area contributed by atoms with E-state index in [4.69, 9.17) is 23.2 Å². The van der Waals surface area contributed by atoms with Crippen LogP contribution in [0.3, 0.4) is 0 Å². The van der Waals surface area contributed by atoms with Crippen molar-refractivity contribution in [3.8, 4) is 0 Å². The number of carboxylic acids is 1. The average Bonchev–Trinajstić information content (AvgIpc) is 2.38. The molecule has 5 heteroatoms. The number of nitrogens with one attached hydrogen (secondary N) is 1. The van der Waals surface area contributed by atoms with Crippen LogP contribution in [0.4, 0.5) is 5.69 Å². The van der Waals surface area contributed by atoms with Crippen LogP contribution < -0.4 is 10.4 Å². The van der Waals surface area contributed by atoms with E-state index < -0.39 is 5.97 Å². The molecule has 0 aliphatic carbocycles. The molecule has 0 unspecified atom stereocenters. The van der Waals surface area contributed by atoms with Crippen molar-refractivity contribution in [3.63, 3.8) is 0 Å². The van der Waals surface area contributed by atoms with Gasteiger partial charge < -0.3 is 15.2 Å². The highest BCUT2D eigenvalue weighted by Crippen LogP contribution is 2.22. The van der Waals surface area contributed by atoms with Gasteiger partial charge >= 0.3 is 0 Å². The Hall–Kier alpha value is -1.71. The molecular weight excluding hydrogens is 285 g/mol. The second-order valence-electron chi connectivity index (χ2n) is 3.96. The van der Waals surface area contributed by atoms with Crippen molar-refractivity contribution in [2.45, 2.75) is 6.54 Å². The van der Waals surface area contributed by atoms with Gasteiger partial charge in [-0.3, -0.25) is 0 Å². The largest absolute Gasteiger partial charge is 0.545 e. The summed E-state index contributed by atoms with van der Waals surface area (Å²) in [5.74, 6) is -1.20. The summed E-state index contributed by atoms with van der Waals surface area (Å²) in [7, 11) is 0. The molecule has 0 saturated carbocycles. The van der Waals surface area contributed by atoms with Crippen LogP contribution in [-0.4, -0.2) is 5.97 Å². The fourth-order valence-electron chi connectivity index (χ4n) is 1.62. The molecule has 2 aromatic rings. The number of hydrogen-bond donors (Lipinski definition) is 1. The van der Waals surface area contributed by atoms with Crippen molar-refractivity contribution in [2.24, 2.45) is 0 Å². The highest BCUT2D eigenvalue weighted by atomic mass is 35.5. The van der Waals surface area contributed by atoms with E-state index in [9.17, 15) is 9.90 Å². The highest BCUT2D eigenvalue weighted by Gasteiger charge is 2.02. The summed E-state index contributed by atoms with van der Waals surface area (Å²) in [6.07, 6.45) is 0. The zero-order valence-electron chi connectivity index (χ0n) is 9.82. The Morgan fingerprint density at radius 1 is 1.16 bits per heavy atom. The zero-order chi connectivity index (χ0) is 13.8. The molecule has 0 bridgehead atoms. The number of carboxylic acid groups (broad SMARTS) is 1. The molecule has 0 amide bonds. The van der Waals surface area contributed by atoms with Gasteiger partial charge in [0.1, 0.15) is 0 Å². The van der Waals surface area contributed by atoms with Crippen molar-refractivity contribution < 1.29 is 9.90 Å². The van der Waals surface area contributed by atoms with Gasteiger partial charge in [-0.15, -0.1) is 0 Å². The monoisotopic (exact) mass is 294 g/mol. The summed E-state index contributed by atoms with van der Waals surface area (Å²) < 4.78 is 0. The normalized spacial score (nSPS) is 10.2. The molecule has 3 nitrogen and oxygen atoms in total. The lowest BCUT2D eigenvalue weighted by Gasteiger charge is -2.10. The molecule has 0 radical (unpaired) electrons. The van der Waals surface area contributed by atoms with Crippen molar-refractivity contribution in [1.29, 1.82) is 0 Å². The molecule has 0 heterocycles. The predicted molar refractivity (Wildman–Crippen MR) is 74.6 cm³/mol. The van der Waals surface area contributed by atoms with Gasteiger partial charge in [0.25, 0.3) is 0 Å². The molecule has 2 rings (SSSR count). The third-order valence-electron chi connectivity index (χ3n) is 2.60. The number of halogens is 2. The van der Waals surface area contributed by atoms with E-state index in [-0.39, 0.29) is 5.56 Å². The molecule has 19 heavy (non-hydrogen) atoms. The molecule has 0 fully saturated rings. The lowest BCUT2D eigenvalue weighted by Crippen LogP contribution is -2.22. The van der Waals surface area contributed by atoms with Crippen LogP contribution >= 0.6 is 23.2 Å². The van der Waals surface area contributed by atoms with E-state index in [2.05, 4.69) is 5.32 Å². The first-order valence-electron chi connectivity index (χ1n) is 5.55. The Morgan fingerprint density at radius 2 is 1.95 bits per heavy atom. The maximum absolute atomic E-state index is 10.7. The van der Waals surface area contributed by atoms with Gasteiger partial charge in [-0.05, 0) is 35.4 Å². The Bertz CT molecular complexity index is 614. The standard InChI is InChI=1S/C14H11Cl2NO2/c15-11-5-4-10(13(16)7-11)8-17-12-3-1-2-9(6-12)14(18)19/h1-7,17H,8H2,(H,18,19)/p-1. The van der Waals surface area contributed by atoms with Gasteiger partial charge in [0, 0.05) is 22.3 Å². The van der Waals surface area contributed by atoms with E-state index in [1.807, 2.05) is 6.07 Å². The number of aromatic carboxylic acids is 1. The molecule has 1 N–H and O–H groups in total. The third-order valence-corrected chi connectivity index (χ3v) is 3.18. The van der Waals surface area contributed by atoms with E-state index in [1.54, 1.807) is 24.3 Å². The summed E-state index contributed by atoms with van der Waals surface area (Å²) in [5, 5.41) is 15.0. The van der Waals surface area contributed by atoms with E-state index in [0.29, 0.717) is 22.3 Å². The summed E-state index contributed by atoms with van der Waals surface area (Å²) in [6, 6.07) is 11.7. The molecule has 0 spiro atoms. The topological polar surface area (TPSA) is 52.2 Å². The fourth-order valence-corrected chi connectivity index (χ4v) is 2.09. The Labute approximate surface area is 120 Å². The quantitative estimate of drug-likeness (QED) is 0.943. The number of carbonyl (C=O) groups excluding carboxylic acids is 1. The molecule has 2 aromatic carbocycles. The van der Waals surface area contributed by atoms with Crippen molar-refractivity contribution >= 4 is 34.9 Å². The first kappa shape index (κ1) is 13.7. The van der Waals surface area contributed by atoms with Crippen LogP contribution in [0.2, 0.25) is 10.0 Å². The Morgan fingerprint density at radius 3 is 2.63 bits per heavy atom. The molecule has 0 aromatic heterocycles. The first-order chi connectivity index (χ1) is 9.06. The SMILES string of the molecule is O=C([O-])c1cccc(NCc2ccc(Cl)cc2Cl)c1. The lowest BCUT2D eigenvalue weighted by molar-refractivity contribution is -0.255. The van der Waals surface area contributed by atoms with Crippen molar-refractivity contribution in [2.75, 3.05) is 5.32 Å². The smallest absolute Gasteiger partial charge is 0.0716 e. The van der Waals surface area contributed by atoms with Crippen molar-refractivity contribution in [1.82, 2.24) is 0 Å². The number of carbonyl (C=O) groups is 1. The second kappa shape index (κ2) is 5.95. The van der Waals surface area contributed by atoms with E-state index >= 15 is 0 Å². The van der Waals surface area contributed by atoms with Crippen LogP contribution in [0.25, 0.3) is 0 Å². The van der Waals surface area contributed by atoms with Crippen LogP contribution in [0.15, 0.2) is 42.5 Å². The zero-order valence-corrected chi connectivity index (χ0v) is 11.3. The first-order valence-corrected chi connectivity index (χ1v) is 6.31. The summed E-state index contributed by atoms with van der Waals surface area (Å²) in [5.41, 5.74) is 1.70.